The van der Waals surface area contributed by atoms with Gasteiger partial charge in [-0.1, -0.05) is 54.6 Å². The molecule has 0 bridgehead atoms. The molecule has 0 aliphatic heterocycles. The minimum atomic E-state index is -5.18. The molecule has 18 heteroatoms. The Morgan fingerprint density at radius 1 is 0.492 bits per heavy atom. The third kappa shape index (κ3) is 9.31. The molecule has 0 spiro atoms. The monoisotopic (exact) mass is 836 g/mol. The van der Waals surface area contributed by atoms with E-state index in [4.69, 9.17) is 0 Å². The smallest absolute Gasteiger partial charge is 0.308 e. The maximum atomic E-state index is 14.0. The summed E-state index contributed by atoms with van der Waals surface area (Å²) in [4.78, 5) is 28.2. The molecule has 0 aliphatic rings. The topological polar surface area (TPSA) is 73.5 Å². The van der Waals surface area contributed by atoms with Crippen molar-refractivity contribution >= 4 is 56.4 Å². The van der Waals surface area contributed by atoms with Crippen LogP contribution in [0.2, 0.25) is 0 Å². The molecule has 0 aromatic heterocycles. The number of nitrogens with one attached hydrogen (secondary N) is 3. The van der Waals surface area contributed by atoms with Crippen LogP contribution in [0.1, 0.15) is 36.1 Å². The number of carbonyl (C=O) groups is 2. The number of benzene rings is 6. The van der Waals surface area contributed by atoms with E-state index in [2.05, 4.69) is 10.6 Å². The Kier molecular flexibility index (Phi) is 11.0. The van der Waals surface area contributed by atoms with Gasteiger partial charge in [-0.05, 0) is 95.6 Å². The average Bonchev–Trinajstić information content (AvgIpc) is 3.12. The van der Waals surface area contributed by atoms with Crippen molar-refractivity contribution in [2.45, 2.75) is 44.6 Å². The van der Waals surface area contributed by atoms with Crippen LogP contribution in [-0.2, 0) is 24.7 Å². The zero-order valence-corrected chi connectivity index (χ0v) is 30.3. The standard InChI is InChI=1S/C41H28F12N4O2/c1-21(2)57(37(59)56-30-18-26(40(48,49)50)15-27(19-30)41(51,52)53)34-13-11-22-6-3-4-8-31(22)35(34)32-9-5-7-23-10-12-28(20-33(23)32)54-36(58)55-29-16-24(38(42,43)44)14-25(17-29)39(45,46)47/h3-21H,1-2H3,(H,56,59)(H2,54,55,58). The van der Waals surface area contributed by atoms with E-state index in [1.54, 1.807) is 74.5 Å². The number of urea groups is 2. The van der Waals surface area contributed by atoms with Crippen molar-refractivity contribution in [3.63, 3.8) is 0 Å². The summed E-state index contributed by atoms with van der Waals surface area (Å²) in [6, 6.07) is 17.8. The number of fused-ring (bicyclic) bond motifs is 2. The highest BCUT2D eigenvalue weighted by molar-refractivity contribution is 6.15. The highest BCUT2D eigenvalue weighted by atomic mass is 19.4. The summed E-state index contributed by atoms with van der Waals surface area (Å²) in [5, 5.41) is 8.78. The zero-order chi connectivity index (χ0) is 43.2. The Balaban J connectivity index is 1.42. The number of nitrogens with zero attached hydrogens (tertiary/aromatic N) is 1. The molecule has 0 unspecified atom stereocenters. The number of hydrogen-bond acceptors (Lipinski definition) is 2. The number of alkyl halides is 12. The molecule has 0 saturated heterocycles. The van der Waals surface area contributed by atoms with Gasteiger partial charge in [-0.15, -0.1) is 0 Å². The van der Waals surface area contributed by atoms with Crippen LogP contribution < -0.4 is 20.9 Å². The number of carbonyl (C=O) groups excluding carboxylic acids is 2. The molecule has 6 aromatic rings. The van der Waals surface area contributed by atoms with Crippen molar-refractivity contribution in [3.05, 3.63) is 131 Å². The van der Waals surface area contributed by atoms with Crippen LogP contribution in [0, 0.1) is 0 Å². The van der Waals surface area contributed by atoms with Gasteiger partial charge in [0.2, 0.25) is 0 Å². The first-order valence-electron chi connectivity index (χ1n) is 17.2. The van der Waals surface area contributed by atoms with Crippen LogP contribution in [0.5, 0.6) is 0 Å². The third-order valence-corrected chi connectivity index (χ3v) is 9.00. The number of amides is 4. The first-order chi connectivity index (χ1) is 27.4. The van der Waals surface area contributed by atoms with Gasteiger partial charge in [0.15, 0.2) is 0 Å². The Morgan fingerprint density at radius 3 is 1.47 bits per heavy atom. The van der Waals surface area contributed by atoms with E-state index in [1.165, 1.54) is 12.1 Å². The molecule has 0 atom stereocenters. The van der Waals surface area contributed by atoms with Crippen LogP contribution in [0.4, 0.5) is 85.0 Å². The van der Waals surface area contributed by atoms with Crippen LogP contribution in [-0.4, -0.2) is 18.1 Å². The molecule has 0 aliphatic carbocycles. The van der Waals surface area contributed by atoms with Crippen molar-refractivity contribution < 1.29 is 62.3 Å². The SMILES string of the molecule is CC(C)N(C(=O)Nc1cc(C(F)(F)F)cc(C(F)(F)F)c1)c1ccc2ccccc2c1-c1cccc2ccc(NC(=O)Nc3cc(C(F)(F)F)cc(C(F)(F)F)c3)cc12. The molecule has 0 heterocycles. The van der Waals surface area contributed by atoms with Crippen LogP contribution >= 0.6 is 0 Å². The zero-order valence-electron chi connectivity index (χ0n) is 30.3. The third-order valence-electron chi connectivity index (χ3n) is 9.00. The molecule has 59 heavy (non-hydrogen) atoms. The van der Waals surface area contributed by atoms with Gasteiger partial charge < -0.3 is 16.0 Å². The lowest BCUT2D eigenvalue weighted by Crippen LogP contribution is -2.40. The first kappa shape index (κ1) is 42.2. The number of hydrogen-bond donors (Lipinski definition) is 3. The fourth-order valence-electron chi connectivity index (χ4n) is 6.47. The van der Waals surface area contributed by atoms with Crippen molar-refractivity contribution in [1.82, 2.24) is 0 Å². The Labute approximate surface area is 326 Å². The minimum absolute atomic E-state index is 0.0377. The van der Waals surface area contributed by atoms with Gasteiger partial charge in [0.05, 0.1) is 27.9 Å². The Bertz CT molecular complexity index is 2510. The first-order valence-corrected chi connectivity index (χ1v) is 17.2. The Morgan fingerprint density at radius 2 is 0.949 bits per heavy atom. The van der Waals surface area contributed by atoms with E-state index >= 15 is 0 Å². The van der Waals surface area contributed by atoms with Crippen LogP contribution in [0.15, 0.2) is 109 Å². The van der Waals surface area contributed by atoms with Gasteiger partial charge in [-0.3, -0.25) is 4.90 Å². The summed E-state index contributed by atoms with van der Waals surface area (Å²) in [5.74, 6) is 0. The summed E-state index contributed by atoms with van der Waals surface area (Å²) in [6.45, 7) is 3.13. The highest BCUT2D eigenvalue weighted by Crippen LogP contribution is 2.44. The van der Waals surface area contributed by atoms with Gasteiger partial charge in [0, 0.05) is 28.7 Å². The summed E-state index contributed by atoms with van der Waals surface area (Å²) in [5.41, 5.74) is -7.13. The maximum absolute atomic E-state index is 14.0. The fourth-order valence-corrected chi connectivity index (χ4v) is 6.47. The Hall–Kier alpha value is -6.46. The fraction of sp³-hybridized carbons (Fsp3) is 0.171. The molecule has 6 rings (SSSR count). The van der Waals surface area contributed by atoms with E-state index in [9.17, 15) is 62.3 Å². The second-order valence-electron chi connectivity index (χ2n) is 13.5. The maximum Gasteiger partial charge on any atom is 0.416 e. The van der Waals surface area contributed by atoms with E-state index in [0.717, 1.165) is 4.90 Å². The van der Waals surface area contributed by atoms with E-state index in [1.807, 2.05) is 5.32 Å². The van der Waals surface area contributed by atoms with Crippen molar-refractivity contribution in [2.24, 2.45) is 0 Å². The predicted molar refractivity (Wildman–Crippen MR) is 199 cm³/mol. The molecule has 0 saturated carbocycles. The summed E-state index contributed by atoms with van der Waals surface area (Å²) < 4.78 is 162. The van der Waals surface area contributed by atoms with Crippen molar-refractivity contribution in [2.75, 3.05) is 20.9 Å². The number of halogens is 12. The molecule has 308 valence electrons. The molecule has 0 fully saturated rings. The van der Waals surface area contributed by atoms with E-state index in [-0.39, 0.29) is 23.5 Å². The lowest BCUT2D eigenvalue weighted by Gasteiger charge is -2.30. The number of anilines is 4. The van der Waals surface area contributed by atoms with E-state index < -0.39 is 76.4 Å². The predicted octanol–water partition coefficient (Wildman–Crippen LogP) is 13.8. The lowest BCUT2D eigenvalue weighted by molar-refractivity contribution is -0.144. The molecule has 0 radical (unpaired) electrons. The second-order valence-corrected chi connectivity index (χ2v) is 13.5. The van der Waals surface area contributed by atoms with Gasteiger partial charge in [0.1, 0.15) is 0 Å². The largest absolute Gasteiger partial charge is 0.416 e. The van der Waals surface area contributed by atoms with Crippen molar-refractivity contribution in [1.29, 1.82) is 0 Å². The van der Waals surface area contributed by atoms with Crippen molar-refractivity contribution in [3.8, 4) is 11.1 Å². The lowest BCUT2D eigenvalue weighted by atomic mass is 9.91. The number of rotatable bonds is 6. The molecular formula is C41H28F12N4O2. The average molecular weight is 837 g/mol. The minimum Gasteiger partial charge on any atom is -0.308 e. The van der Waals surface area contributed by atoms with Crippen LogP contribution in [0.25, 0.3) is 32.7 Å². The van der Waals surface area contributed by atoms with Gasteiger partial charge in [-0.25, -0.2) is 9.59 Å². The second kappa shape index (κ2) is 15.4. The normalized spacial score (nSPS) is 12.5. The summed E-state index contributed by atoms with van der Waals surface area (Å²) >= 11 is 0. The van der Waals surface area contributed by atoms with Gasteiger partial charge >= 0.3 is 36.8 Å². The van der Waals surface area contributed by atoms with Crippen LogP contribution in [0.3, 0.4) is 0 Å². The summed E-state index contributed by atoms with van der Waals surface area (Å²) in [7, 11) is 0. The molecule has 6 aromatic carbocycles. The quantitative estimate of drug-likeness (QED) is 0.146. The molecule has 3 N–H and O–H groups in total. The van der Waals surface area contributed by atoms with E-state index in [0.29, 0.717) is 56.9 Å². The molecule has 4 amide bonds. The van der Waals surface area contributed by atoms with Gasteiger partial charge in [0.25, 0.3) is 0 Å². The highest BCUT2D eigenvalue weighted by Gasteiger charge is 2.39. The summed E-state index contributed by atoms with van der Waals surface area (Å²) in [6.07, 6.45) is -20.7. The van der Waals surface area contributed by atoms with Gasteiger partial charge in [-0.2, -0.15) is 52.7 Å². The molecular weight excluding hydrogens is 808 g/mol. The molecule has 6 nitrogen and oxygen atoms in total.